The molecule has 4 saturated carbocycles. The number of fused-ring (bicyclic) bond motifs is 5. The summed E-state index contributed by atoms with van der Waals surface area (Å²) in [7, 11) is 0. The summed E-state index contributed by atoms with van der Waals surface area (Å²) in [6.45, 7) is 6.47. The number of hydrogen-bond acceptors (Lipinski definition) is 18. The van der Waals surface area contributed by atoms with Crippen LogP contribution >= 0.6 is 0 Å². The van der Waals surface area contributed by atoms with E-state index in [1.165, 1.54) is 6.92 Å². The van der Waals surface area contributed by atoms with Crippen LogP contribution in [0.3, 0.4) is 0 Å². The molecule has 4 heterocycles. The number of carbonyl (C=O) groups excluding carboxylic acids is 2. The number of esters is 2. The van der Waals surface area contributed by atoms with Gasteiger partial charge in [-0.1, -0.05) is 13.8 Å². The molecule has 0 spiro atoms. The van der Waals surface area contributed by atoms with Gasteiger partial charge in [0.2, 0.25) is 0 Å². The highest BCUT2D eigenvalue weighted by molar-refractivity contribution is 5.85. The fourth-order valence-corrected chi connectivity index (χ4v) is 13.1. The van der Waals surface area contributed by atoms with E-state index >= 15 is 0 Å². The molecule has 22 atom stereocenters. The number of aliphatic hydroxyl groups is 8. The quantitative estimate of drug-likeness (QED) is 0.103. The lowest BCUT2D eigenvalue weighted by molar-refractivity contribution is -0.373. The Balaban J connectivity index is 0.885. The summed E-state index contributed by atoms with van der Waals surface area (Å²) in [5.74, 6) is 0.204. The van der Waals surface area contributed by atoms with E-state index in [1.54, 1.807) is 13.0 Å². The van der Waals surface area contributed by atoms with E-state index < -0.39 is 111 Å². The monoisotopic (exact) mass is 870 g/mol. The van der Waals surface area contributed by atoms with Crippen molar-refractivity contribution in [2.45, 2.75) is 190 Å². The molecule has 4 aliphatic carbocycles. The van der Waals surface area contributed by atoms with E-state index in [-0.39, 0.29) is 41.2 Å². The van der Waals surface area contributed by atoms with Crippen molar-refractivity contribution in [1.29, 1.82) is 0 Å². The van der Waals surface area contributed by atoms with Gasteiger partial charge in [-0.25, -0.2) is 4.79 Å². The molecule has 0 aromatic heterocycles. The highest BCUT2D eigenvalue weighted by atomic mass is 16.8. The number of ether oxygens (including phenoxy) is 8. The van der Waals surface area contributed by atoms with Gasteiger partial charge in [0.15, 0.2) is 18.9 Å². The second kappa shape index (κ2) is 17.5. The van der Waals surface area contributed by atoms with Crippen LogP contribution in [-0.2, 0) is 47.5 Å². The minimum absolute atomic E-state index is 0.0280. The van der Waals surface area contributed by atoms with Gasteiger partial charge in [-0.3, -0.25) is 4.79 Å². The largest absolute Gasteiger partial charge is 0.459 e. The normalized spacial score (nSPS) is 52.4. The molecule has 346 valence electrons. The van der Waals surface area contributed by atoms with Crippen LogP contribution in [0.15, 0.2) is 11.6 Å². The van der Waals surface area contributed by atoms with E-state index in [9.17, 15) is 50.4 Å². The smallest absolute Gasteiger partial charge is 0.331 e. The van der Waals surface area contributed by atoms with Crippen molar-refractivity contribution in [2.75, 3.05) is 19.8 Å². The van der Waals surface area contributed by atoms with Crippen LogP contribution in [0.2, 0.25) is 0 Å². The second-order valence-corrected chi connectivity index (χ2v) is 19.6. The minimum atomic E-state index is -1.81. The van der Waals surface area contributed by atoms with Crippen molar-refractivity contribution >= 4 is 11.9 Å². The van der Waals surface area contributed by atoms with E-state index in [0.29, 0.717) is 18.4 Å². The Morgan fingerprint density at radius 2 is 1.46 bits per heavy atom. The predicted molar refractivity (Wildman–Crippen MR) is 206 cm³/mol. The Morgan fingerprint density at radius 3 is 2.13 bits per heavy atom. The van der Waals surface area contributed by atoms with E-state index in [4.69, 9.17) is 37.9 Å². The molecule has 61 heavy (non-hydrogen) atoms. The summed E-state index contributed by atoms with van der Waals surface area (Å²) in [4.78, 5) is 24.4. The molecule has 0 aromatic rings. The Bertz CT molecular complexity index is 1630. The van der Waals surface area contributed by atoms with Gasteiger partial charge >= 0.3 is 11.9 Å². The first-order chi connectivity index (χ1) is 28.9. The molecule has 4 aliphatic heterocycles. The van der Waals surface area contributed by atoms with Crippen LogP contribution in [0.25, 0.3) is 0 Å². The summed E-state index contributed by atoms with van der Waals surface area (Å²) in [6, 6.07) is 0. The topological polar surface area (TPSA) is 270 Å². The van der Waals surface area contributed by atoms with Gasteiger partial charge in [0.1, 0.15) is 67.6 Å². The van der Waals surface area contributed by atoms with Crippen LogP contribution < -0.4 is 0 Å². The highest BCUT2D eigenvalue weighted by Crippen LogP contribution is 2.70. The van der Waals surface area contributed by atoms with Crippen molar-refractivity contribution in [1.82, 2.24) is 0 Å². The Kier molecular flexibility index (Phi) is 13.1. The molecular formula is C43H66O18. The second-order valence-electron chi connectivity index (χ2n) is 19.6. The minimum Gasteiger partial charge on any atom is -0.459 e. The lowest BCUT2D eigenvalue weighted by Crippen LogP contribution is -2.65. The summed E-state index contributed by atoms with van der Waals surface area (Å²) in [5, 5.41) is 85.6. The molecule has 8 N–H and O–H groups in total. The Morgan fingerprint density at radius 1 is 0.770 bits per heavy atom. The third-order valence-electron chi connectivity index (χ3n) is 16.5. The van der Waals surface area contributed by atoms with E-state index in [1.807, 2.05) is 0 Å². The van der Waals surface area contributed by atoms with Crippen molar-refractivity contribution in [3.63, 3.8) is 0 Å². The van der Waals surface area contributed by atoms with E-state index in [2.05, 4.69) is 13.8 Å². The van der Waals surface area contributed by atoms with Gasteiger partial charge in [0.05, 0.1) is 31.0 Å². The molecule has 3 saturated heterocycles. The van der Waals surface area contributed by atoms with Gasteiger partial charge in [0, 0.05) is 24.8 Å². The van der Waals surface area contributed by atoms with Gasteiger partial charge in [-0.15, -0.1) is 0 Å². The third-order valence-corrected chi connectivity index (χ3v) is 16.5. The van der Waals surface area contributed by atoms with Crippen molar-refractivity contribution in [2.24, 2.45) is 34.5 Å². The number of aliphatic hydroxyl groups excluding tert-OH is 7. The first-order valence-corrected chi connectivity index (χ1v) is 22.2. The maximum absolute atomic E-state index is 12.6. The number of carbonyl (C=O) groups is 2. The fourth-order valence-electron chi connectivity index (χ4n) is 13.1. The standard InChI is InChI=1S/C43H66O18/c1-19-37(60-40-36(52)34(50)38(29(17-45)59-40)61-39-35(51)33(49)32(48)28(16-44)58-39)27(56-20(2)46)15-31(55-19)57-23-7-10-41(3)22(14-23)5-6-26-25(41)8-11-42(4)24(9-12-43(26,42)53)21-13-30(47)54-18-21/h13,19,22-29,31-40,44-45,48-53H,5-12,14-18H2,1-4H3. The van der Waals surface area contributed by atoms with E-state index in [0.717, 1.165) is 63.4 Å². The SMILES string of the molecule is CC(=O)OC1CC(OC2CCC3(C)C(CCC4C3CCC3(C)C(C5=CC(=O)OC5)CCC43O)C2)OC(C)C1OC1OC(CO)C(OC2OC(CO)C(O)C(O)C2O)C(O)C1O. The molecule has 0 aromatic carbocycles. The van der Waals surface area contributed by atoms with Gasteiger partial charge in [0.25, 0.3) is 0 Å². The third kappa shape index (κ3) is 8.02. The van der Waals surface area contributed by atoms with Gasteiger partial charge in [-0.2, -0.15) is 0 Å². The molecule has 18 nitrogen and oxygen atoms in total. The van der Waals surface area contributed by atoms with Crippen molar-refractivity contribution in [3.05, 3.63) is 11.6 Å². The zero-order valence-corrected chi connectivity index (χ0v) is 35.4. The molecule has 8 aliphatic rings. The zero-order chi connectivity index (χ0) is 43.8. The fraction of sp³-hybridized carbons (Fsp3) is 0.907. The number of cyclic esters (lactones) is 1. The van der Waals surface area contributed by atoms with Crippen LogP contribution in [0.4, 0.5) is 0 Å². The predicted octanol–water partition coefficient (Wildman–Crippen LogP) is -0.295. The van der Waals surface area contributed by atoms with Crippen LogP contribution in [-0.4, -0.2) is 170 Å². The van der Waals surface area contributed by atoms with Crippen molar-refractivity contribution in [3.8, 4) is 0 Å². The number of rotatable bonds is 10. The molecule has 0 radical (unpaired) electrons. The van der Waals surface area contributed by atoms with Crippen LogP contribution in [0.5, 0.6) is 0 Å². The van der Waals surface area contributed by atoms with Crippen LogP contribution in [0.1, 0.15) is 91.9 Å². The van der Waals surface area contributed by atoms with Gasteiger partial charge < -0.3 is 78.7 Å². The average Bonchev–Trinajstić information content (AvgIpc) is 3.77. The average molecular weight is 871 g/mol. The van der Waals surface area contributed by atoms with Crippen LogP contribution in [0, 0.1) is 34.5 Å². The molecule has 22 unspecified atom stereocenters. The highest BCUT2D eigenvalue weighted by Gasteiger charge is 2.68. The summed E-state index contributed by atoms with van der Waals surface area (Å²) in [6.07, 6.45) is -10.0. The van der Waals surface area contributed by atoms with Crippen molar-refractivity contribution < 1.29 is 88.3 Å². The first kappa shape index (κ1) is 45.7. The Labute approximate surface area is 355 Å². The molecule has 7 fully saturated rings. The van der Waals surface area contributed by atoms with Gasteiger partial charge in [-0.05, 0) is 99.4 Å². The lowest BCUT2D eigenvalue weighted by atomic mass is 9.43. The molecule has 0 bridgehead atoms. The molecule has 18 heteroatoms. The Hall–Kier alpha value is -1.88. The first-order valence-electron chi connectivity index (χ1n) is 22.2. The lowest BCUT2D eigenvalue weighted by Gasteiger charge is -2.64. The maximum Gasteiger partial charge on any atom is 0.331 e. The summed E-state index contributed by atoms with van der Waals surface area (Å²) in [5.41, 5.74) is -0.0509. The molecular weight excluding hydrogens is 804 g/mol. The maximum atomic E-state index is 12.6. The number of hydrogen-bond donors (Lipinski definition) is 8. The summed E-state index contributed by atoms with van der Waals surface area (Å²) >= 11 is 0. The summed E-state index contributed by atoms with van der Waals surface area (Å²) < 4.78 is 47.1. The molecule has 8 rings (SSSR count). The zero-order valence-electron chi connectivity index (χ0n) is 35.4. The molecule has 0 amide bonds.